The zero-order valence-corrected chi connectivity index (χ0v) is 9.13. The van der Waals surface area contributed by atoms with Crippen molar-refractivity contribution < 1.29 is 5.11 Å². The standard InChI is InChI=1S/C10H20ClNO/c1-9(6-11)7-12-4-2-10(8-12)3-5-13/h9-10,13H,2-8H2,1H3. The Morgan fingerprint density at radius 3 is 3.00 bits per heavy atom. The van der Waals surface area contributed by atoms with Crippen LogP contribution in [0.2, 0.25) is 0 Å². The van der Waals surface area contributed by atoms with Crippen molar-refractivity contribution in [3.05, 3.63) is 0 Å². The molecule has 2 nitrogen and oxygen atoms in total. The minimum atomic E-state index is 0.337. The van der Waals surface area contributed by atoms with Crippen LogP contribution >= 0.6 is 11.6 Å². The summed E-state index contributed by atoms with van der Waals surface area (Å²) in [5.74, 6) is 2.06. The molecule has 2 atom stereocenters. The normalized spacial score (nSPS) is 26.5. The van der Waals surface area contributed by atoms with Gasteiger partial charge in [0.15, 0.2) is 0 Å². The predicted octanol–water partition coefficient (Wildman–Crippen LogP) is 1.57. The Hall–Kier alpha value is 0.210. The van der Waals surface area contributed by atoms with Crippen molar-refractivity contribution in [2.24, 2.45) is 11.8 Å². The first kappa shape index (κ1) is 11.3. The summed E-state index contributed by atoms with van der Waals surface area (Å²) in [7, 11) is 0. The van der Waals surface area contributed by atoms with Gasteiger partial charge < -0.3 is 10.0 Å². The predicted molar refractivity (Wildman–Crippen MR) is 56.1 cm³/mol. The van der Waals surface area contributed by atoms with Gasteiger partial charge in [0.1, 0.15) is 0 Å². The summed E-state index contributed by atoms with van der Waals surface area (Å²) in [4.78, 5) is 2.47. The Morgan fingerprint density at radius 1 is 1.62 bits per heavy atom. The summed E-state index contributed by atoms with van der Waals surface area (Å²) in [6.45, 7) is 5.98. The molecule has 0 bridgehead atoms. The first-order valence-corrected chi connectivity index (χ1v) is 5.69. The third-order valence-electron chi connectivity index (χ3n) is 2.74. The second-order valence-corrected chi connectivity index (χ2v) is 4.49. The van der Waals surface area contributed by atoms with Gasteiger partial charge in [0.05, 0.1) is 0 Å². The van der Waals surface area contributed by atoms with Crippen molar-refractivity contribution >= 4 is 11.6 Å². The van der Waals surface area contributed by atoms with Crippen molar-refractivity contribution in [2.75, 3.05) is 32.1 Å². The van der Waals surface area contributed by atoms with E-state index in [0.29, 0.717) is 18.4 Å². The van der Waals surface area contributed by atoms with Crippen molar-refractivity contribution in [1.29, 1.82) is 0 Å². The first-order valence-electron chi connectivity index (χ1n) is 5.15. The van der Waals surface area contributed by atoms with Gasteiger partial charge in [-0.3, -0.25) is 0 Å². The Morgan fingerprint density at radius 2 is 2.38 bits per heavy atom. The first-order chi connectivity index (χ1) is 6.26. The molecule has 0 spiro atoms. The topological polar surface area (TPSA) is 23.5 Å². The lowest BCUT2D eigenvalue weighted by Gasteiger charge is -2.19. The fourth-order valence-corrected chi connectivity index (χ4v) is 2.08. The van der Waals surface area contributed by atoms with Crippen LogP contribution in [0.15, 0.2) is 0 Å². The van der Waals surface area contributed by atoms with E-state index >= 15 is 0 Å². The average Bonchev–Trinajstić information content (AvgIpc) is 2.53. The van der Waals surface area contributed by atoms with E-state index in [-0.39, 0.29) is 0 Å². The zero-order chi connectivity index (χ0) is 9.68. The van der Waals surface area contributed by atoms with Crippen LogP contribution in [0.1, 0.15) is 19.8 Å². The second kappa shape index (κ2) is 5.84. The van der Waals surface area contributed by atoms with E-state index < -0.39 is 0 Å². The summed E-state index contributed by atoms with van der Waals surface area (Å²) in [6, 6.07) is 0. The van der Waals surface area contributed by atoms with Crippen LogP contribution in [0.4, 0.5) is 0 Å². The molecule has 13 heavy (non-hydrogen) atoms. The molecule has 0 saturated carbocycles. The molecule has 3 heteroatoms. The Balaban J connectivity index is 2.17. The second-order valence-electron chi connectivity index (χ2n) is 4.19. The number of alkyl halides is 1. The molecule has 1 rings (SSSR count). The molecule has 1 fully saturated rings. The van der Waals surface area contributed by atoms with Gasteiger partial charge in [0, 0.05) is 25.6 Å². The average molecular weight is 206 g/mol. The van der Waals surface area contributed by atoms with Crippen LogP contribution in [0.25, 0.3) is 0 Å². The summed E-state index contributed by atoms with van der Waals surface area (Å²) in [6.07, 6.45) is 2.21. The number of rotatable bonds is 5. The molecule has 0 aromatic rings. The molecule has 1 N–H and O–H groups in total. The Labute approximate surface area is 85.9 Å². The van der Waals surface area contributed by atoms with E-state index in [1.54, 1.807) is 0 Å². The van der Waals surface area contributed by atoms with E-state index in [4.69, 9.17) is 16.7 Å². The molecule has 78 valence electrons. The highest BCUT2D eigenvalue weighted by Crippen LogP contribution is 2.20. The monoisotopic (exact) mass is 205 g/mol. The smallest absolute Gasteiger partial charge is 0.0434 e. The van der Waals surface area contributed by atoms with Gasteiger partial charge in [-0.2, -0.15) is 0 Å². The lowest BCUT2D eigenvalue weighted by Crippen LogP contribution is -2.27. The van der Waals surface area contributed by atoms with Crippen molar-refractivity contribution in [1.82, 2.24) is 4.90 Å². The summed E-state index contributed by atoms with van der Waals surface area (Å²) < 4.78 is 0. The van der Waals surface area contributed by atoms with Gasteiger partial charge in [-0.1, -0.05) is 6.92 Å². The number of nitrogens with zero attached hydrogens (tertiary/aromatic N) is 1. The number of likely N-dealkylation sites (tertiary alicyclic amines) is 1. The molecule has 1 aliphatic rings. The van der Waals surface area contributed by atoms with Crippen LogP contribution in [-0.4, -0.2) is 42.1 Å². The summed E-state index contributed by atoms with van der Waals surface area (Å²) in [5, 5.41) is 8.80. The van der Waals surface area contributed by atoms with E-state index in [1.165, 1.54) is 13.0 Å². The van der Waals surface area contributed by atoms with Crippen LogP contribution in [-0.2, 0) is 0 Å². The van der Waals surface area contributed by atoms with Crippen molar-refractivity contribution in [2.45, 2.75) is 19.8 Å². The SMILES string of the molecule is CC(CCl)CN1CCC(CCO)C1. The van der Waals surface area contributed by atoms with Crippen molar-refractivity contribution in [3.63, 3.8) is 0 Å². The zero-order valence-electron chi connectivity index (χ0n) is 8.38. The van der Waals surface area contributed by atoms with E-state index in [0.717, 1.165) is 25.4 Å². The largest absolute Gasteiger partial charge is 0.396 e. The maximum Gasteiger partial charge on any atom is 0.0434 e. The quantitative estimate of drug-likeness (QED) is 0.689. The Kier molecular flexibility index (Phi) is 5.07. The lowest BCUT2D eigenvalue weighted by atomic mass is 10.1. The lowest BCUT2D eigenvalue weighted by molar-refractivity contribution is 0.244. The highest BCUT2D eigenvalue weighted by molar-refractivity contribution is 6.18. The molecule has 1 aliphatic heterocycles. The maximum atomic E-state index is 8.80. The third-order valence-corrected chi connectivity index (χ3v) is 3.27. The van der Waals surface area contributed by atoms with E-state index in [1.807, 2.05) is 0 Å². The third kappa shape index (κ3) is 3.84. The molecule has 1 heterocycles. The molecule has 0 amide bonds. The fourth-order valence-electron chi connectivity index (χ4n) is 1.99. The molecular formula is C10H20ClNO. The highest BCUT2D eigenvalue weighted by Gasteiger charge is 2.22. The van der Waals surface area contributed by atoms with Crippen LogP contribution in [0.5, 0.6) is 0 Å². The molecule has 0 aromatic heterocycles. The molecule has 1 saturated heterocycles. The Bertz CT molecular complexity index is 143. The van der Waals surface area contributed by atoms with Crippen molar-refractivity contribution in [3.8, 4) is 0 Å². The number of hydrogen-bond acceptors (Lipinski definition) is 2. The fraction of sp³-hybridized carbons (Fsp3) is 1.00. The highest BCUT2D eigenvalue weighted by atomic mass is 35.5. The molecule has 0 radical (unpaired) electrons. The number of halogens is 1. The van der Waals surface area contributed by atoms with Crippen LogP contribution in [0, 0.1) is 11.8 Å². The van der Waals surface area contributed by atoms with Gasteiger partial charge >= 0.3 is 0 Å². The summed E-state index contributed by atoms with van der Waals surface area (Å²) in [5.41, 5.74) is 0. The van der Waals surface area contributed by atoms with Gasteiger partial charge in [-0.25, -0.2) is 0 Å². The molecule has 0 aliphatic carbocycles. The maximum absolute atomic E-state index is 8.80. The molecular weight excluding hydrogens is 186 g/mol. The van der Waals surface area contributed by atoms with E-state index in [2.05, 4.69) is 11.8 Å². The van der Waals surface area contributed by atoms with Crippen LogP contribution < -0.4 is 0 Å². The summed E-state index contributed by atoms with van der Waals surface area (Å²) >= 11 is 5.76. The molecule has 2 unspecified atom stereocenters. The van der Waals surface area contributed by atoms with Gasteiger partial charge in [0.25, 0.3) is 0 Å². The van der Waals surface area contributed by atoms with Crippen LogP contribution in [0.3, 0.4) is 0 Å². The number of aliphatic hydroxyl groups is 1. The van der Waals surface area contributed by atoms with E-state index in [9.17, 15) is 0 Å². The minimum Gasteiger partial charge on any atom is -0.396 e. The van der Waals surface area contributed by atoms with Gasteiger partial charge in [0.2, 0.25) is 0 Å². The molecule has 0 aromatic carbocycles. The number of hydrogen-bond donors (Lipinski definition) is 1. The van der Waals surface area contributed by atoms with Gasteiger partial charge in [-0.15, -0.1) is 11.6 Å². The van der Waals surface area contributed by atoms with Gasteiger partial charge in [-0.05, 0) is 31.2 Å². The number of aliphatic hydroxyl groups excluding tert-OH is 1. The minimum absolute atomic E-state index is 0.337.